The minimum Gasteiger partial charge on any atom is -0.370 e. The first-order chi connectivity index (χ1) is 8.12. The fourth-order valence-electron chi connectivity index (χ4n) is 1.47. The summed E-state index contributed by atoms with van der Waals surface area (Å²) in [5, 5.41) is 0. The van der Waals surface area contributed by atoms with Crippen molar-refractivity contribution in [1.82, 2.24) is 4.90 Å². The van der Waals surface area contributed by atoms with Crippen LogP contribution in [0.5, 0.6) is 0 Å². The minimum atomic E-state index is -0.543. The molecule has 4 nitrogen and oxygen atoms in total. The van der Waals surface area contributed by atoms with Crippen molar-refractivity contribution in [2.45, 2.75) is 19.6 Å². The Morgan fingerprint density at radius 1 is 1.65 bits per heavy atom. The monoisotopic (exact) mass is 320 g/mol. The van der Waals surface area contributed by atoms with Crippen molar-refractivity contribution in [3.8, 4) is 0 Å². The maximum atomic E-state index is 12.1. The normalized spacial score (nSPS) is 12.5. The van der Waals surface area contributed by atoms with E-state index in [-0.39, 0.29) is 12.5 Å². The molecule has 1 rings (SSSR count). The number of amides is 1. The van der Waals surface area contributed by atoms with E-state index in [0.717, 1.165) is 8.66 Å². The number of carbonyl (C=O) groups is 1. The molecule has 1 unspecified atom stereocenters. The summed E-state index contributed by atoms with van der Waals surface area (Å²) in [7, 11) is 1.50. The van der Waals surface area contributed by atoms with Crippen molar-refractivity contribution < 1.29 is 9.53 Å². The summed E-state index contributed by atoms with van der Waals surface area (Å²) in [6.07, 6.45) is -0.543. The zero-order valence-corrected chi connectivity index (χ0v) is 12.4. The average molecular weight is 321 g/mol. The van der Waals surface area contributed by atoms with Gasteiger partial charge in [-0.3, -0.25) is 4.79 Å². The lowest BCUT2D eigenvalue weighted by Gasteiger charge is -2.24. The van der Waals surface area contributed by atoms with Crippen LogP contribution in [0.2, 0.25) is 0 Å². The third-order valence-electron chi connectivity index (χ3n) is 2.44. The summed E-state index contributed by atoms with van der Waals surface area (Å²) in [5.41, 5.74) is 5.50. The van der Waals surface area contributed by atoms with Gasteiger partial charge in [-0.1, -0.05) is 0 Å². The summed E-state index contributed by atoms with van der Waals surface area (Å²) in [6.45, 7) is 3.41. The summed E-state index contributed by atoms with van der Waals surface area (Å²) in [5.74, 6) is -0.0537. The molecule has 0 radical (unpaired) electrons. The predicted octanol–water partition coefficient (Wildman–Crippen LogP) is 1.83. The number of hydrogen-bond donors (Lipinski definition) is 1. The Labute approximate surface area is 114 Å². The van der Waals surface area contributed by atoms with E-state index in [9.17, 15) is 4.79 Å². The van der Waals surface area contributed by atoms with Gasteiger partial charge in [0.25, 0.3) is 5.91 Å². The number of carbonyl (C=O) groups excluding carboxylic acids is 1. The van der Waals surface area contributed by atoms with Gasteiger partial charge < -0.3 is 15.4 Å². The van der Waals surface area contributed by atoms with Gasteiger partial charge in [0.05, 0.1) is 10.3 Å². The van der Waals surface area contributed by atoms with Crippen LogP contribution in [0.15, 0.2) is 15.9 Å². The highest BCUT2D eigenvalue weighted by molar-refractivity contribution is 9.11. The van der Waals surface area contributed by atoms with E-state index in [1.54, 1.807) is 16.2 Å². The van der Waals surface area contributed by atoms with E-state index in [1.165, 1.54) is 7.11 Å². The molecule has 0 spiro atoms. The Kier molecular flexibility index (Phi) is 6.11. The van der Waals surface area contributed by atoms with Gasteiger partial charge in [-0.2, -0.15) is 0 Å². The largest absolute Gasteiger partial charge is 0.370 e. The highest BCUT2D eigenvalue weighted by atomic mass is 79.9. The van der Waals surface area contributed by atoms with Gasteiger partial charge in [-0.15, -0.1) is 11.3 Å². The van der Waals surface area contributed by atoms with Gasteiger partial charge in [0.15, 0.2) is 0 Å². The molecule has 0 saturated carbocycles. The number of thiophene rings is 1. The maximum absolute atomic E-state index is 12.1. The SMILES string of the molecule is CCN(Cc1ccc(Br)s1)C(=O)C(CN)OC. The number of rotatable bonds is 6. The fourth-order valence-corrected chi connectivity index (χ4v) is 2.97. The lowest BCUT2D eigenvalue weighted by molar-refractivity contribution is -0.141. The quantitative estimate of drug-likeness (QED) is 0.870. The van der Waals surface area contributed by atoms with Crippen LogP contribution in [0.25, 0.3) is 0 Å². The first-order valence-electron chi connectivity index (χ1n) is 5.38. The molecule has 6 heteroatoms. The molecule has 2 N–H and O–H groups in total. The highest BCUT2D eigenvalue weighted by Crippen LogP contribution is 2.23. The second-order valence-corrected chi connectivity index (χ2v) is 6.07. The molecular weight excluding hydrogens is 304 g/mol. The fraction of sp³-hybridized carbons (Fsp3) is 0.545. The number of nitrogens with zero attached hydrogens (tertiary/aromatic N) is 1. The van der Waals surface area contributed by atoms with Crippen LogP contribution in [0, 0.1) is 0 Å². The van der Waals surface area contributed by atoms with Crippen molar-refractivity contribution in [3.63, 3.8) is 0 Å². The Morgan fingerprint density at radius 2 is 2.35 bits per heavy atom. The lowest BCUT2D eigenvalue weighted by atomic mass is 10.3. The standard InChI is InChI=1S/C11H17BrN2O2S/c1-3-14(11(15)9(6-13)16-2)7-8-4-5-10(12)17-8/h4-5,9H,3,6-7,13H2,1-2H3. The van der Waals surface area contributed by atoms with Crippen LogP contribution in [0.3, 0.4) is 0 Å². The van der Waals surface area contributed by atoms with Gasteiger partial charge in [-0.25, -0.2) is 0 Å². The third kappa shape index (κ3) is 4.06. The Bertz CT molecular complexity index is 366. The molecular formula is C11H17BrN2O2S. The van der Waals surface area contributed by atoms with Crippen LogP contribution in [-0.4, -0.2) is 37.1 Å². The van der Waals surface area contributed by atoms with E-state index in [2.05, 4.69) is 15.9 Å². The van der Waals surface area contributed by atoms with E-state index in [1.807, 2.05) is 19.1 Å². The van der Waals surface area contributed by atoms with Gasteiger partial charge in [0.2, 0.25) is 0 Å². The number of halogens is 1. The molecule has 0 aromatic carbocycles. The molecule has 1 amide bonds. The topological polar surface area (TPSA) is 55.6 Å². The highest BCUT2D eigenvalue weighted by Gasteiger charge is 2.22. The minimum absolute atomic E-state index is 0.0537. The number of ether oxygens (including phenoxy) is 1. The summed E-state index contributed by atoms with van der Waals surface area (Å²) in [6, 6.07) is 3.99. The number of hydrogen-bond acceptors (Lipinski definition) is 4. The maximum Gasteiger partial charge on any atom is 0.253 e. The Hall–Kier alpha value is -0.430. The second kappa shape index (κ2) is 7.10. The molecule has 17 heavy (non-hydrogen) atoms. The van der Waals surface area contributed by atoms with Crippen LogP contribution in [0.1, 0.15) is 11.8 Å². The van der Waals surface area contributed by atoms with Gasteiger partial charge >= 0.3 is 0 Å². The predicted molar refractivity (Wildman–Crippen MR) is 73.0 cm³/mol. The van der Waals surface area contributed by atoms with Crippen molar-refractivity contribution in [1.29, 1.82) is 0 Å². The number of methoxy groups -OCH3 is 1. The number of nitrogens with two attached hydrogens (primary N) is 1. The molecule has 0 aliphatic rings. The molecule has 0 fully saturated rings. The molecule has 0 aliphatic carbocycles. The van der Waals surface area contributed by atoms with Gasteiger partial charge in [0.1, 0.15) is 6.10 Å². The molecule has 1 heterocycles. The molecule has 0 aliphatic heterocycles. The first-order valence-corrected chi connectivity index (χ1v) is 6.99. The van der Waals surface area contributed by atoms with Crippen LogP contribution in [0.4, 0.5) is 0 Å². The Morgan fingerprint density at radius 3 is 2.76 bits per heavy atom. The molecule has 0 saturated heterocycles. The van der Waals surface area contributed by atoms with Crippen molar-refractivity contribution >= 4 is 33.2 Å². The van der Waals surface area contributed by atoms with Gasteiger partial charge in [-0.05, 0) is 35.0 Å². The zero-order chi connectivity index (χ0) is 12.8. The molecule has 96 valence electrons. The molecule has 0 bridgehead atoms. The van der Waals surface area contributed by atoms with Crippen LogP contribution >= 0.6 is 27.3 Å². The van der Waals surface area contributed by atoms with Crippen LogP contribution < -0.4 is 5.73 Å². The van der Waals surface area contributed by atoms with E-state index < -0.39 is 6.10 Å². The van der Waals surface area contributed by atoms with E-state index >= 15 is 0 Å². The summed E-state index contributed by atoms with van der Waals surface area (Å²) < 4.78 is 6.13. The number of likely N-dealkylation sites (N-methyl/N-ethyl adjacent to an activating group) is 1. The van der Waals surface area contributed by atoms with Gasteiger partial charge in [0, 0.05) is 25.1 Å². The van der Waals surface area contributed by atoms with Crippen LogP contribution in [-0.2, 0) is 16.1 Å². The first kappa shape index (κ1) is 14.6. The average Bonchev–Trinajstić information content (AvgIpc) is 2.73. The van der Waals surface area contributed by atoms with Crippen molar-refractivity contribution in [2.75, 3.05) is 20.2 Å². The summed E-state index contributed by atoms with van der Waals surface area (Å²) in [4.78, 5) is 14.9. The van der Waals surface area contributed by atoms with Crippen molar-refractivity contribution in [2.24, 2.45) is 5.73 Å². The summed E-state index contributed by atoms with van der Waals surface area (Å²) >= 11 is 5.03. The third-order valence-corrected chi connectivity index (χ3v) is 4.05. The molecule has 1 aromatic rings. The zero-order valence-electron chi connectivity index (χ0n) is 9.98. The molecule has 1 aromatic heterocycles. The molecule has 1 atom stereocenters. The van der Waals surface area contributed by atoms with Crippen molar-refractivity contribution in [3.05, 3.63) is 20.8 Å². The smallest absolute Gasteiger partial charge is 0.253 e. The van der Waals surface area contributed by atoms with E-state index in [0.29, 0.717) is 13.1 Å². The lowest BCUT2D eigenvalue weighted by Crippen LogP contribution is -2.43. The Balaban J connectivity index is 2.68. The van der Waals surface area contributed by atoms with E-state index in [4.69, 9.17) is 10.5 Å². The second-order valence-electron chi connectivity index (χ2n) is 3.52.